The number of rotatable bonds is 3. The minimum atomic E-state index is -0.103. The monoisotopic (exact) mass is 366 g/mol. The number of anilines is 2. The molecule has 0 fully saturated rings. The van der Waals surface area contributed by atoms with Gasteiger partial charge in [-0.15, -0.1) is 0 Å². The Labute approximate surface area is 126 Å². The summed E-state index contributed by atoms with van der Waals surface area (Å²) in [4.78, 5) is 12.3. The normalized spacial score (nSPS) is 10.1. The molecule has 0 saturated carbocycles. The van der Waals surface area contributed by atoms with Gasteiger partial charge in [-0.25, -0.2) is 0 Å². The summed E-state index contributed by atoms with van der Waals surface area (Å²) in [5.74, 6) is -0.103. The van der Waals surface area contributed by atoms with Gasteiger partial charge in [0.1, 0.15) is 0 Å². The molecule has 2 aromatic rings. The molecule has 4 heteroatoms. The molecule has 0 heterocycles. The van der Waals surface area contributed by atoms with Crippen molar-refractivity contribution in [1.82, 2.24) is 0 Å². The lowest BCUT2D eigenvalue weighted by molar-refractivity contribution is 0.102. The summed E-state index contributed by atoms with van der Waals surface area (Å²) in [7, 11) is 1.81. The van der Waals surface area contributed by atoms with Gasteiger partial charge in [-0.3, -0.25) is 4.79 Å². The van der Waals surface area contributed by atoms with Gasteiger partial charge in [0.25, 0.3) is 5.91 Å². The molecule has 0 spiro atoms. The number of amides is 1. The molecular weight excluding hydrogens is 351 g/mol. The summed E-state index contributed by atoms with van der Waals surface area (Å²) in [6.45, 7) is 1.99. The highest BCUT2D eigenvalue weighted by Gasteiger charge is 2.11. The van der Waals surface area contributed by atoms with E-state index < -0.39 is 0 Å². The van der Waals surface area contributed by atoms with Crippen molar-refractivity contribution in [2.24, 2.45) is 0 Å². The maximum Gasteiger partial charge on any atom is 0.257 e. The van der Waals surface area contributed by atoms with Crippen molar-refractivity contribution in [2.75, 3.05) is 17.7 Å². The number of para-hydroxylation sites is 1. The second-order valence-corrected chi connectivity index (χ2v) is 5.45. The zero-order chi connectivity index (χ0) is 13.8. The summed E-state index contributed by atoms with van der Waals surface area (Å²) >= 11 is 2.26. The molecule has 0 aliphatic carbocycles. The van der Waals surface area contributed by atoms with E-state index in [0.717, 1.165) is 20.5 Å². The average molecular weight is 366 g/mol. The lowest BCUT2D eigenvalue weighted by atomic mass is 10.1. The van der Waals surface area contributed by atoms with Crippen molar-refractivity contribution in [1.29, 1.82) is 0 Å². The van der Waals surface area contributed by atoms with E-state index in [1.54, 1.807) is 0 Å². The van der Waals surface area contributed by atoms with Gasteiger partial charge in [0.05, 0.1) is 5.56 Å². The Balaban J connectivity index is 2.26. The molecule has 98 valence electrons. The van der Waals surface area contributed by atoms with Crippen LogP contribution in [-0.2, 0) is 0 Å². The van der Waals surface area contributed by atoms with Gasteiger partial charge >= 0.3 is 0 Å². The Kier molecular flexibility index (Phi) is 4.42. The van der Waals surface area contributed by atoms with Crippen LogP contribution in [0.4, 0.5) is 11.4 Å². The van der Waals surface area contributed by atoms with Crippen LogP contribution in [0.2, 0.25) is 0 Å². The Hall–Kier alpha value is -1.56. The number of hydrogen-bond acceptors (Lipinski definition) is 2. The summed E-state index contributed by atoms with van der Waals surface area (Å²) in [5, 5.41) is 5.97. The smallest absolute Gasteiger partial charge is 0.257 e. The molecule has 3 nitrogen and oxygen atoms in total. The molecule has 2 N–H and O–H groups in total. The Bertz CT molecular complexity index is 611. The zero-order valence-electron chi connectivity index (χ0n) is 10.8. The van der Waals surface area contributed by atoms with Crippen LogP contribution in [0.3, 0.4) is 0 Å². The van der Waals surface area contributed by atoms with Gasteiger partial charge in [0.15, 0.2) is 0 Å². The first-order valence-corrected chi connectivity index (χ1v) is 7.04. The number of halogens is 1. The quantitative estimate of drug-likeness (QED) is 0.810. The second-order valence-electron chi connectivity index (χ2n) is 4.21. The lowest BCUT2D eigenvalue weighted by Gasteiger charge is -2.11. The highest BCUT2D eigenvalue weighted by molar-refractivity contribution is 14.1. The van der Waals surface area contributed by atoms with Crippen LogP contribution in [0.1, 0.15) is 15.9 Å². The second kappa shape index (κ2) is 6.06. The molecule has 0 aliphatic rings. The molecular formula is C15H15IN2O. The van der Waals surface area contributed by atoms with Crippen molar-refractivity contribution in [2.45, 2.75) is 6.92 Å². The summed E-state index contributed by atoms with van der Waals surface area (Å²) in [5.41, 5.74) is 3.37. The summed E-state index contributed by atoms with van der Waals surface area (Å²) in [6.07, 6.45) is 0. The number of benzene rings is 2. The van der Waals surface area contributed by atoms with Gasteiger partial charge in [0, 0.05) is 22.0 Å². The SMILES string of the molecule is CNc1ccccc1C(=O)Nc1ccc(I)cc1C. The third-order valence-corrected chi connectivity index (χ3v) is 3.55. The number of carbonyl (C=O) groups excluding carboxylic acids is 1. The third-order valence-electron chi connectivity index (χ3n) is 2.88. The largest absolute Gasteiger partial charge is 0.387 e. The molecule has 0 radical (unpaired) electrons. The summed E-state index contributed by atoms with van der Waals surface area (Å²) in [6, 6.07) is 13.4. The Morgan fingerprint density at radius 3 is 2.53 bits per heavy atom. The van der Waals surface area contributed by atoms with Crippen molar-refractivity contribution >= 4 is 39.9 Å². The standard InChI is InChI=1S/C15H15IN2O/c1-10-9-11(16)7-8-13(10)18-15(19)12-5-3-4-6-14(12)17-2/h3-9,17H,1-2H3,(H,18,19). The molecule has 0 unspecified atom stereocenters. The predicted octanol–water partition coefficient (Wildman–Crippen LogP) is 3.89. The Morgan fingerprint density at radius 2 is 1.84 bits per heavy atom. The third kappa shape index (κ3) is 3.26. The molecule has 0 saturated heterocycles. The highest BCUT2D eigenvalue weighted by Crippen LogP contribution is 2.20. The van der Waals surface area contributed by atoms with E-state index >= 15 is 0 Å². The van der Waals surface area contributed by atoms with Gasteiger partial charge in [-0.05, 0) is 65.4 Å². The zero-order valence-corrected chi connectivity index (χ0v) is 13.0. The van der Waals surface area contributed by atoms with E-state index in [1.165, 1.54) is 0 Å². The van der Waals surface area contributed by atoms with Crippen molar-refractivity contribution in [3.63, 3.8) is 0 Å². The van der Waals surface area contributed by atoms with Crippen LogP contribution in [-0.4, -0.2) is 13.0 Å². The molecule has 0 aromatic heterocycles. The van der Waals surface area contributed by atoms with Crippen LogP contribution in [0.5, 0.6) is 0 Å². The van der Waals surface area contributed by atoms with E-state index in [0.29, 0.717) is 5.56 Å². The van der Waals surface area contributed by atoms with Crippen LogP contribution in [0.25, 0.3) is 0 Å². The van der Waals surface area contributed by atoms with Crippen molar-refractivity contribution in [3.05, 3.63) is 57.2 Å². The molecule has 19 heavy (non-hydrogen) atoms. The fourth-order valence-corrected chi connectivity index (χ4v) is 2.50. The molecule has 2 rings (SSSR count). The predicted molar refractivity (Wildman–Crippen MR) is 87.8 cm³/mol. The van der Waals surface area contributed by atoms with E-state index in [2.05, 4.69) is 33.2 Å². The van der Waals surface area contributed by atoms with E-state index in [1.807, 2.05) is 56.4 Å². The van der Waals surface area contributed by atoms with Crippen LogP contribution < -0.4 is 10.6 Å². The van der Waals surface area contributed by atoms with E-state index in [4.69, 9.17) is 0 Å². The van der Waals surface area contributed by atoms with Crippen LogP contribution in [0, 0.1) is 10.5 Å². The molecule has 2 aromatic carbocycles. The van der Waals surface area contributed by atoms with Crippen molar-refractivity contribution < 1.29 is 4.79 Å². The molecule has 0 bridgehead atoms. The molecule has 0 atom stereocenters. The van der Waals surface area contributed by atoms with Gasteiger partial charge in [0.2, 0.25) is 0 Å². The minimum absolute atomic E-state index is 0.103. The summed E-state index contributed by atoms with van der Waals surface area (Å²) < 4.78 is 1.16. The van der Waals surface area contributed by atoms with Gasteiger partial charge in [-0.2, -0.15) is 0 Å². The number of aryl methyl sites for hydroxylation is 1. The minimum Gasteiger partial charge on any atom is -0.387 e. The number of carbonyl (C=O) groups is 1. The maximum atomic E-state index is 12.3. The first kappa shape index (κ1) is 13.9. The van der Waals surface area contributed by atoms with Crippen molar-refractivity contribution in [3.8, 4) is 0 Å². The molecule has 1 amide bonds. The first-order chi connectivity index (χ1) is 9.11. The first-order valence-electron chi connectivity index (χ1n) is 5.96. The molecule has 0 aliphatic heterocycles. The van der Waals surface area contributed by atoms with Gasteiger partial charge < -0.3 is 10.6 Å². The fourth-order valence-electron chi connectivity index (χ4n) is 1.86. The number of nitrogens with one attached hydrogen (secondary N) is 2. The highest BCUT2D eigenvalue weighted by atomic mass is 127. The van der Waals surface area contributed by atoms with E-state index in [-0.39, 0.29) is 5.91 Å². The van der Waals surface area contributed by atoms with Crippen LogP contribution in [0.15, 0.2) is 42.5 Å². The fraction of sp³-hybridized carbons (Fsp3) is 0.133. The van der Waals surface area contributed by atoms with Crippen LogP contribution >= 0.6 is 22.6 Å². The number of hydrogen-bond donors (Lipinski definition) is 2. The maximum absolute atomic E-state index is 12.3. The topological polar surface area (TPSA) is 41.1 Å². The average Bonchev–Trinajstić information content (AvgIpc) is 2.41. The Morgan fingerprint density at radius 1 is 1.11 bits per heavy atom. The lowest BCUT2D eigenvalue weighted by Crippen LogP contribution is -2.14. The van der Waals surface area contributed by atoms with Gasteiger partial charge in [-0.1, -0.05) is 12.1 Å². The van der Waals surface area contributed by atoms with E-state index in [9.17, 15) is 4.79 Å².